The number of halogens is 1. The van der Waals surface area contributed by atoms with Gasteiger partial charge in [0, 0.05) is 17.0 Å². The second kappa shape index (κ2) is 9.90. The second-order valence-electron chi connectivity index (χ2n) is 7.48. The molecular weight excluding hydrogens is 522 g/mol. The van der Waals surface area contributed by atoms with Crippen LogP contribution in [0.25, 0.3) is 5.76 Å². The molecule has 1 fully saturated rings. The van der Waals surface area contributed by atoms with Crippen LogP contribution in [0, 0.1) is 0 Å². The van der Waals surface area contributed by atoms with E-state index in [0.29, 0.717) is 27.3 Å². The number of amides is 1. The molecule has 0 aliphatic carbocycles. The van der Waals surface area contributed by atoms with Crippen LogP contribution in [0.15, 0.2) is 64.0 Å². The van der Waals surface area contributed by atoms with Crippen molar-refractivity contribution in [2.45, 2.75) is 12.6 Å². The Labute approximate surface area is 209 Å². The van der Waals surface area contributed by atoms with E-state index >= 15 is 0 Å². The van der Waals surface area contributed by atoms with Crippen LogP contribution in [0.5, 0.6) is 17.2 Å². The van der Waals surface area contributed by atoms with Crippen molar-refractivity contribution in [1.29, 1.82) is 0 Å². The molecule has 0 bridgehead atoms. The minimum atomic E-state index is -0.733. The van der Waals surface area contributed by atoms with Crippen molar-refractivity contribution in [3.63, 3.8) is 0 Å². The first kappa shape index (κ1) is 23.8. The summed E-state index contributed by atoms with van der Waals surface area (Å²) in [6.45, 7) is 0.149. The molecule has 9 heteroatoms. The van der Waals surface area contributed by atoms with Crippen LogP contribution < -0.4 is 14.2 Å². The molecule has 3 aromatic rings. The Bertz CT molecular complexity index is 1270. The summed E-state index contributed by atoms with van der Waals surface area (Å²) in [6.07, 6.45) is 0. The summed E-state index contributed by atoms with van der Waals surface area (Å²) in [5.74, 6) is 0.0151. The van der Waals surface area contributed by atoms with Gasteiger partial charge in [0.15, 0.2) is 11.5 Å². The highest BCUT2D eigenvalue weighted by Crippen LogP contribution is 2.43. The first-order valence-electron chi connectivity index (χ1n) is 10.3. The largest absolute Gasteiger partial charge is 0.507 e. The molecule has 1 aliphatic heterocycles. The molecule has 2 heterocycles. The zero-order valence-corrected chi connectivity index (χ0v) is 21.1. The first-order chi connectivity index (χ1) is 16.4. The first-order valence-corrected chi connectivity index (χ1v) is 11.9. The average molecular weight is 544 g/mol. The lowest BCUT2D eigenvalue weighted by Crippen LogP contribution is -2.28. The van der Waals surface area contributed by atoms with E-state index in [9.17, 15) is 14.7 Å². The molecule has 0 radical (unpaired) electrons. The third kappa shape index (κ3) is 4.28. The molecular formula is C25H22BrNO6S. The van der Waals surface area contributed by atoms with E-state index in [1.807, 2.05) is 23.6 Å². The molecule has 1 N–H and O–H groups in total. The number of Topliss-reactive ketones (excluding diaryl/α,β-unsaturated/α-hetero) is 1. The summed E-state index contributed by atoms with van der Waals surface area (Å²) >= 11 is 4.82. The average Bonchev–Trinajstić information content (AvgIpc) is 3.46. The van der Waals surface area contributed by atoms with Gasteiger partial charge in [-0.1, -0.05) is 12.1 Å². The maximum absolute atomic E-state index is 13.2. The highest BCUT2D eigenvalue weighted by Gasteiger charge is 2.46. The fourth-order valence-electron chi connectivity index (χ4n) is 3.93. The lowest BCUT2D eigenvalue weighted by atomic mass is 9.99. The number of hydrogen-bond donors (Lipinski definition) is 1. The number of carbonyl (C=O) groups excluding carboxylic acids is 2. The van der Waals surface area contributed by atoms with Gasteiger partial charge in [-0.25, -0.2) is 0 Å². The van der Waals surface area contributed by atoms with E-state index in [0.717, 1.165) is 10.4 Å². The van der Waals surface area contributed by atoms with Gasteiger partial charge in [0.2, 0.25) is 0 Å². The summed E-state index contributed by atoms with van der Waals surface area (Å²) in [7, 11) is 4.62. The van der Waals surface area contributed by atoms with E-state index in [1.54, 1.807) is 37.4 Å². The van der Waals surface area contributed by atoms with Crippen molar-refractivity contribution in [3.05, 3.63) is 80.0 Å². The summed E-state index contributed by atoms with van der Waals surface area (Å²) in [4.78, 5) is 28.6. The SMILES string of the molecule is COc1ccc(/C(O)=C2/C(=O)C(=O)N(Cc3ccc(OC)c(OC)c3)C2c2cccs2)cc1Br. The number of hydrogen-bond acceptors (Lipinski definition) is 7. The number of ether oxygens (including phenoxy) is 3. The lowest BCUT2D eigenvalue weighted by molar-refractivity contribution is -0.140. The summed E-state index contributed by atoms with van der Waals surface area (Å²) in [5, 5.41) is 13.1. The predicted octanol–water partition coefficient (Wildman–Crippen LogP) is 5.16. The highest BCUT2D eigenvalue weighted by molar-refractivity contribution is 9.10. The third-order valence-electron chi connectivity index (χ3n) is 5.58. The standard InChI is InChI=1S/C25H22BrNO6S/c1-31-17-9-7-15(12-16(17)26)23(28)21-22(20-5-4-10-34-20)27(25(30)24(21)29)13-14-6-8-18(32-2)19(11-14)33-3/h4-12,22,28H,13H2,1-3H3/b23-21-. The molecule has 1 aliphatic rings. The molecule has 4 rings (SSSR count). The Hall–Kier alpha value is -3.30. The Balaban J connectivity index is 1.80. The molecule has 176 valence electrons. The number of methoxy groups -OCH3 is 3. The number of thiophene rings is 1. The van der Waals surface area contributed by atoms with Gasteiger partial charge in [-0.15, -0.1) is 11.3 Å². The Morgan fingerprint density at radius 3 is 2.32 bits per heavy atom. The van der Waals surface area contributed by atoms with Crippen LogP contribution in [0.2, 0.25) is 0 Å². The fraction of sp³-hybridized carbons (Fsp3) is 0.200. The van der Waals surface area contributed by atoms with Crippen molar-refractivity contribution >= 4 is 44.7 Å². The number of ketones is 1. The molecule has 1 unspecified atom stereocenters. The molecule has 1 atom stereocenters. The van der Waals surface area contributed by atoms with Gasteiger partial charge >= 0.3 is 0 Å². The van der Waals surface area contributed by atoms with E-state index in [-0.39, 0.29) is 17.9 Å². The van der Waals surface area contributed by atoms with E-state index < -0.39 is 17.7 Å². The number of benzene rings is 2. The van der Waals surface area contributed by atoms with E-state index in [4.69, 9.17) is 14.2 Å². The Kier molecular flexibility index (Phi) is 6.95. The fourth-order valence-corrected chi connectivity index (χ4v) is 5.32. The third-order valence-corrected chi connectivity index (χ3v) is 7.12. The van der Waals surface area contributed by atoms with Crippen LogP contribution in [0.4, 0.5) is 0 Å². The van der Waals surface area contributed by atoms with E-state index in [1.165, 1.54) is 30.5 Å². The van der Waals surface area contributed by atoms with Crippen molar-refractivity contribution < 1.29 is 28.9 Å². The van der Waals surface area contributed by atoms with E-state index in [2.05, 4.69) is 15.9 Å². The van der Waals surface area contributed by atoms with Crippen molar-refractivity contribution in [1.82, 2.24) is 4.90 Å². The van der Waals surface area contributed by atoms with Gasteiger partial charge in [0.1, 0.15) is 11.5 Å². The monoisotopic (exact) mass is 543 g/mol. The topological polar surface area (TPSA) is 85.3 Å². The van der Waals surface area contributed by atoms with Gasteiger partial charge in [-0.2, -0.15) is 0 Å². The van der Waals surface area contributed by atoms with Crippen molar-refractivity contribution in [2.24, 2.45) is 0 Å². The molecule has 34 heavy (non-hydrogen) atoms. The number of nitrogens with zero attached hydrogens (tertiary/aromatic N) is 1. The van der Waals surface area contributed by atoms with Crippen LogP contribution in [0.3, 0.4) is 0 Å². The quantitative estimate of drug-likeness (QED) is 0.251. The number of likely N-dealkylation sites (tertiary alicyclic amines) is 1. The zero-order chi connectivity index (χ0) is 24.4. The van der Waals surface area contributed by atoms with Crippen LogP contribution >= 0.6 is 27.3 Å². The molecule has 7 nitrogen and oxygen atoms in total. The molecule has 0 spiro atoms. The Morgan fingerprint density at radius 1 is 1.00 bits per heavy atom. The predicted molar refractivity (Wildman–Crippen MR) is 132 cm³/mol. The zero-order valence-electron chi connectivity index (χ0n) is 18.7. The van der Waals surface area contributed by atoms with Crippen LogP contribution in [0.1, 0.15) is 22.0 Å². The molecule has 0 saturated carbocycles. The highest BCUT2D eigenvalue weighted by atomic mass is 79.9. The van der Waals surface area contributed by atoms with Gasteiger partial charge < -0.3 is 24.2 Å². The number of rotatable bonds is 7. The minimum absolute atomic E-state index is 0.0463. The van der Waals surface area contributed by atoms with Gasteiger partial charge in [0.05, 0.1) is 37.4 Å². The molecule has 1 amide bonds. The molecule has 2 aromatic carbocycles. The van der Waals surface area contributed by atoms with Gasteiger partial charge in [0.25, 0.3) is 11.7 Å². The summed E-state index contributed by atoms with van der Waals surface area (Å²) < 4.78 is 16.5. The van der Waals surface area contributed by atoms with Crippen molar-refractivity contribution in [2.75, 3.05) is 21.3 Å². The number of carbonyl (C=O) groups is 2. The normalized spacial score (nSPS) is 17.2. The maximum atomic E-state index is 13.2. The molecule has 1 aromatic heterocycles. The number of aliphatic hydroxyl groups excluding tert-OH is 1. The van der Waals surface area contributed by atoms with Gasteiger partial charge in [-0.3, -0.25) is 9.59 Å². The second-order valence-corrected chi connectivity index (χ2v) is 9.31. The van der Waals surface area contributed by atoms with Crippen LogP contribution in [-0.4, -0.2) is 43.0 Å². The molecule has 1 saturated heterocycles. The summed E-state index contributed by atoms with van der Waals surface area (Å²) in [6, 6.07) is 13.3. The van der Waals surface area contributed by atoms with Crippen LogP contribution in [-0.2, 0) is 16.1 Å². The van der Waals surface area contributed by atoms with Crippen molar-refractivity contribution in [3.8, 4) is 17.2 Å². The van der Waals surface area contributed by atoms with Gasteiger partial charge in [-0.05, 0) is 63.3 Å². The summed E-state index contributed by atoms with van der Waals surface area (Å²) in [5.41, 5.74) is 1.21. The Morgan fingerprint density at radius 2 is 1.71 bits per heavy atom. The smallest absolute Gasteiger partial charge is 0.295 e. The number of aliphatic hydroxyl groups is 1. The lowest BCUT2D eigenvalue weighted by Gasteiger charge is -2.24. The maximum Gasteiger partial charge on any atom is 0.295 e. The minimum Gasteiger partial charge on any atom is -0.507 e.